The van der Waals surface area contributed by atoms with Crippen molar-refractivity contribution in [2.75, 3.05) is 11.1 Å². The lowest BCUT2D eigenvalue weighted by Gasteiger charge is -2.11. The molecule has 0 fully saturated rings. The highest BCUT2D eigenvalue weighted by Gasteiger charge is 2.09. The van der Waals surface area contributed by atoms with E-state index in [-0.39, 0.29) is 0 Å². The molecule has 0 aliphatic heterocycles. The minimum Gasteiger partial charge on any atom is -0.399 e. The van der Waals surface area contributed by atoms with Crippen LogP contribution in [0, 0.1) is 6.92 Å². The molecule has 3 rings (SSSR count). The Morgan fingerprint density at radius 3 is 2.81 bits per heavy atom. The summed E-state index contributed by atoms with van der Waals surface area (Å²) in [6, 6.07) is 7.81. The average Bonchev–Trinajstić information content (AvgIpc) is 2.79. The fraction of sp³-hybridized carbons (Fsp3) is 0.250. The first-order valence-corrected chi connectivity index (χ1v) is 7.03. The molecule has 108 valence electrons. The van der Waals surface area contributed by atoms with E-state index in [0.717, 1.165) is 45.8 Å². The summed E-state index contributed by atoms with van der Waals surface area (Å²) >= 11 is 0. The largest absolute Gasteiger partial charge is 0.399 e. The van der Waals surface area contributed by atoms with Crippen molar-refractivity contribution < 1.29 is 0 Å². The molecule has 2 aromatic heterocycles. The van der Waals surface area contributed by atoms with Crippen molar-refractivity contribution in [3.63, 3.8) is 0 Å². The van der Waals surface area contributed by atoms with Crippen molar-refractivity contribution in [3.8, 4) is 0 Å². The summed E-state index contributed by atoms with van der Waals surface area (Å²) in [7, 11) is 1.93. The normalized spacial score (nSPS) is 11.0. The number of fused-ring (bicyclic) bond motifs is 1. The van der Waals surface area contributed by atoms with Crippen LogP contribution in [0.1, 0.15) is 18.3 Å². The van der Waals surface area contributed by atoms with Crippen LogP contribution in [0.25, 0.3) is 10.9 Å². The van der Waals surface area contributed by atoms with E-state index < -0.39 is 0 Å². The monoisotopic (exact) mass is 281 g/mol. The first-order chi connectivity index (χ1) is 10.1. The number of rotatable bonds is 3. The number of pyridine rings is 1. The maximum atomic E-state index is 5.91. The summed E-state index contributed by atoms with van der Waals surface area (Å²) in [6.07, 6.45) is 2.88. The van der Waals surface area contributed by atoms with Gasteiger partial charge in [0.2, 0.25) is 0 Å². The molecule has 0 aliphatic rings. The number of aromatic nitrogens is 3. The summed E-state index contributed by atoms with van der Waals surface area (Å²) in [5.74, 6) is 0. The van der Waals surface area contributed by atoms with E-state index in [1.807, 2.05) is 49.1 Å². The molecule has 2 heterocycles. The van der Waals surface area contributed by atoms with Gasteiger partial charge in [0.05, 0.1) is 16.9 Å². The van der Waals surface area contributed by atoms with Gasteiger partial charge in [-0.2, -0.15) is 5.10 Å². The van der Waals surface area contributed by atoms with Crippen LogP contribution < -0.4 is 11.1 Å². The molecule has 0 saturated carbocycles. The van der Waals surface area contributed by atoms with Gasteiger partial charge >= 0.3 is 0 Å². The molecule has 5 nitrogen and oxygen atoms in total. The number of hydrogen-bond donors (Lipinski definition) is 2. The van der Waals surface area contributed by atoms with E-state index in [2.05, 4.69) is 22.3 Å². The molecule has 0 aliphatic carbocycles. The Labute approximate surface area is 123 Å². The smallest absolute Gasteiger partial charge is 0.0856 e. The molecule has 3 aromatic rings. The van der Waals surface area contributed by atoms with E-state index in [1.165, 1.54) is 0 Å². The maximum Gasteiger partial charge on any atom is 0.0856 e. The molecule has 0 bridgehead atoms. The number of anilines is 3. The third-order valence-corrected chi connectivity index (χ3v) is 3.47. The molecule has 5 heteroatoms. The molecule has 0 radical (unpaired) electrons. The summed E-state index contributed by atoms with van der Waals surface area (Å²) in [5, 5.41) is 8.96. The lowest BCUT2D eigenvalue weighted by molar-refractivity contribution is 0.746. The van der Waals surface area contributed by atoms with E-state index in [9.17, 15) is 0 Å². The highest BCUT2D eigenvalue weighted by atomic mass is 15.3. The highest BCUT2D eigenvalue weighted by molar-refractivity contribution is 5.95. The number of nitrogens with zero attached hydrogens (tertiary/aromatic N) is 3. The fourth-order valence-corrected chi connectivity index (χ4v) is 2.52. The van der Waals surface area contributed by atoms with Gasteiger partial charge in [0.15, 0.2) is 0 Å². The predicted octanol–water partition coefficient (Wildman–Crippen LogP) is 3.16. The molecule has 3 N–H and O–H groups in total. The summed E-state index contributed by atoms with van der Waals surface area (Å²) < 4.78 is 1.83. The molecule has 0 saturated heterocycles. The standard InChI is InChI=1S/C16H19N5/c1-4-13-16(9-21(3)20-13)19-15-7-10(2)18-14-6-5-11(17)8-12(14)15/h5-9H,4,17H2,1-3H3,(H,18,19). The maximum absolute atomic E-state index is 5.91. The Bertz CT molecular complexity index is 804. The van der Waals surface area contributed by atoms with Crippen LogP contribution in [0.3, 0.4) is 0 Å². The van der Waals surface area contributed by atoms with Crippen LogP contribution in [-0.2, 0) is 13.5 Å². The zero-order chi connectivity index (χ0) is 15.0. The van der Waals surface area contributed by atoms with Gasteiger partial charge in [-0.1, -0.05) is 6.92 Å². The minimum absolute atomic E-state index is 0.734. The fourth-order valence-electron chi connectivity index (χ4n) is 2.52. The van der Waals surface area contributed by atoms with Gasteiger partial charge in [0.1, 0.15) is 0 Å². The van der Waals surface area contributed by atoms with Crippen molar-refractivity contribution in [1.29, 1.82) is 0 Å². The molecule has 0 unspecified atom stereocenters. The van der Waals surface area contributed by atoms with Gasteiger partial charge in [0.25, 0.3) is 0 Å². The third-order valence-electron chi connectivity index (χ3n) is 3.47. The van der Waals surface area contributed by atoms with E-state index >= 15 is 0 Å². The topological polar surface area (TPSA) is 68.8 Å². The highest BCUT2D eigenvalue weighted by Crippen LogP contribution is 2.29. The number of nitrogens with one attached hydrogen (secondary N) is 1. The van der Waals surface area contributed by atoms with Gasteiger partial charge in [-0.25, -0.2) is 0 Å². The summed E-state index contributed by atoms with van der Waals surface area (Å²) in [4.78, 5) is 4.55. The van der Waals surface area contributed by atoms with Crippen LogP contribution in [0.2, 0.25) is 0 Å². The SMILES string of the molecule is CCc1nn(C)cc1Nc1cc(C)nc2ccc(N)cc12. The van der Waals surface area contributed by atoms with Gasteiger partial charge in [0, 0.05) is 35.7 Å². The van der Waals surface area contributed by atoms with Crippen molar-refractivity contribution in [2.24, 2.45) is 7.05 Å². The Hall–Kier alpha value is -2.56. The lowest BCUT2D eigenvalue weighted by atomic mass is 10.1. The number of benzene rings is 1. The molecule has 0 spiro atoms. The van der Waals surface area contributed by atoms with E-state index in [4.69, 9.17) is 5.73 Å². The summed E-state index contributed by atoms with van der Waals surface area (Å²) in [6.45, 7) is 4.09. The van der Waals surface area contributed by atoms with Gasteiger partial charge in [-0.05, 0) is 37.6 Å². The molecule has 0 atom stereocenters. The molecule has 21 heavy (non-hydrogen) atoms. The molecule has 0 amide bonds. The van der Waals surface area contributed by atoms with Crippen LogP contribution in [0.15, 0.2) is 30.5 Å². The summed E-state index contributed by atoms with van der Waals surface area (Å²) in [5.41, 5.74) is 11.6. The quantitative estimate of drug-likeness (QED) is 0.724. The Balaban J connectivity index is 2.13. The second kappa shape index (κ2) is 5.09. The minimum atomic E-state index is 0.734. The zero-order valence-electron chi connectivity index (χ0n) is 12.5. The van der Waals surface area contributed by atoms with Crippen molar-refractivity contribution in [1.82, 2.24) is 14.8 Å². The Morgan fingerprint density at radius 1 is 1.24 bits per heavy atom. The number of aryl methyl sites for hydroxylation is 3. The number of nitrogens with two attached hydrogens (primary N) is 1. The first-order valence-electron chi connectivity index (χ1n) is 7.03. The van der Waals surface area contributed by atoms with E-state index in [1.54, 1.807) is 0 Å². The van der Waals surface area contributed by atoms with Crippen LogP contribution >= 0.6 is 0 Å². The Morgan fingerprint density at radius 2 is 2.05 bits per heavy atom. The predicted molar refractivity (Wildman–Crippen MR) is 86.8 cm³/mol. The molecule has 1 aromatic carbocycles. The zero-order valence-corrected chi connectivity index (χ0v) is 12.5. The first kappa shape index (κ1) is 13.4. The van der Waals surface area contributed by atoms with Gasteiger partial charge < -0.3 is 11.1 Å². The molecular formula is C16H19N5. The van der Waals surface area contributed by atoms with Crippen molar-refractivity contribution in [3.05, 3.63) is 41.9 Å². The van der Waals surface area contributed by atoms with Crippen molar-refractivity contribution in [2.45, 2.75) is 20.3 Å². The number of hydrogen-bond acceptors (Lipinski definition) is 4. The lowest BCUT2D eigenvalue weighted by Crippen LogP contribution is -1.97. The number of nitrogen functional groups attached to an aromatic ring is 1. The third kappa shape index (κ3) is 2.54. The van der Waals surface area contributed by atoms with Gasteiger partial charge in [-0.3, -0.25) is 9.67 Å². The van der Waals surface area contributed by atoms with Crippen LogP contribution in [0.5, 0.6) is 0 Å². The Kier molecular flexibility index (Phi) is 3.25. The average molecular weight is 281 g/mol. The second-order valence-corrected chi connectivity index (χ2v) is 5.23. The van der Waals surface area contributed by atoms with Crippen LogP contribution in [-0.4, -0.2) is 14.8 Å². The second-order valence-electron chi connectivity index (χ2n) is 5.23. The van der Waals surface area contributed by atoms with Crippen molar-refractivity contribution >= 4 is 28.0 Å². The molecular weight excluding hydrogens is 262 g/mol. The van der Waals surface area contributed by atoms with Crippen LogP contribution in [0.4, 0.5) is 17.1 Å². The van der Waals surface area contributed by atoms with Gasteiger partial charge in [-0.15, -0.1) is 0 Å². The van der Waals surface area contributed by atoms with E-state index in [0.29, 0.717) is 0 Å².